The zero-order valence-corrected chi connectivity index (χ0v) is 14.4. The van der Waals surface area contributed by atoms with Crippen LogP contribution in [0.15, 0.2) is 70.1 Å². The molecule has 2 aromatic carbocycles. The number of hydrogen-bond donors (Lipinski definition) is 2. The fourth-order valence-corrected chi connectivity index (χ4v) is 3.44. The summed E-state index contributed by atoms with van der Waals surface area (Å²) in [5.41, 5.74) is 1.42. The summed E-state index contributed by atoms with van der Waals surface area (Å²) in [6.45, 7) is 0.112. The highest BCUT2D eigenvalue weighted by molar-refractivity contribution is 7.89. The van der Waals surface area contributed by atoms with Crippen LogP contribution in [0.3, 0.4) is 0 Å². The average molecular weight is 372 g/mol. The van der Waals surface area contributed by atoms with Crippen molar-refractivity contribution >= 4 is 16.0 Å². The smallest absolute Gasteiger partial charge is 0.335 e. The molecule has 0 fully saturated rings. The van der Waals surface area contributed by atoms with E-state index in [1.165, 1.54) is 18.2 Å². The molecule has 134 valence electrons. The van der Waals surface area contributed by atoms with Crippen LogP contribution in [0.1, 0.15) is 16.1 Å². The molecular formula is C18H16N2O5S. The Morgan fingerprint density at radius 3 is 2.58 bits per heavy atom. The van der Waals surface area contributed by atoms with Crippen LogP contribution in [0.2, 0.25) is 0 Å². The maximum absolute atomic E-state index is 12.3. The fraction of sp³-hybridized carbons (Fsp3) is 0.111. The second kappa shape index (κ2) is 7.51. The standard InChI is InChI=1S/C18H16N2O5S/c21-18(22)14-7-4-8-16(11-14)26(23,24)19-10-9-15-12-17(25-20-15)13-5-2-1-3-6-13/h1-8,11-12,19H,9-10H2,(H,21,22). The predicted molar refractivity (Wildman–Crippen MR) is 94.2 cm³/mol. The molecule has 1 aromatic heterocycles. The van der Waals surface area contributed by atoms with Gasteiger partial charge in [-0.05, 0) is 18.2 Å². The van der Waals surface area contributed by atoms with Crippen molar-refractivity contribution in [2.45, 2.75) is 11.3 Å². The van der Waals surface area contributed by atoms with Gasteiger partial charge in [-0.25, -0.2) is 17.9 Å². The summed E-state index contributed by atoms with van der Waals surface area (Å²) in [6.07, 6.45) is 0.341. The molecule has 0 saturated heterocycles. The quantitative estimate of drug-likeness (QED) is 0.660. The Hall–Kier alpha value is -2.97. The van der Waals surface area contributed by atoms with Crippen LogP contribution in [0.25, 0.3) is 11.3 Å². The second-order valence-corrected chi connectivity index (χ2v) is 7.30. The molecule has 7 nitrogen and oxygen atoms in total. The van der Waals surface area contributed by atoms with E-state index in [1.807, 2.05) is 30.3 Å². The molecule has 0 amide bonds. The molecule has 3 rings (SSSR count). The largest absolute Gasteiger partial charge is 0.478 e. The van der Waals surface area contributed by atoms with Gasteiger partial charge in [0, 0.05) is 24.6 Å². The van der Waals surface area contributed by atoms with Crippen molar-refractivity contribution in [2.24, 2.45) is 0 Å². The monoisotopic (exact) mass is 372 g/mol. The highest BCUT2D eigenvalue weighted by Crippen LogP contribution is 2.20. The van der Waals surface area contributed by atoms with Crippen LogP contribution in [0.5, 0.6) is 0 Å². The summed E-state index contributed by atoms with van der Waals surface area (Å²) in [6, 6.07) is 16.4. The molecule has 2 N–H and O–H groups in total. The van der Waals surface area contributed by atoms with E-state index in [0.717, 1.165) is 11.6 Å². The molecular weight excluding hydrogens is 356 g/mol. The molecule has 0 radical (unpaired) electrons. The molecule has 0 aliphatic carbocycles. The minimum atomic E-state index is -3.80. The van der Waals surface area contributed by atoms with Gasteiger partial charge in [-0.15, -0.1) is 0 Å². The van der Waals surface area contributed by atoms with Crippen molar-refractivity contribution in [3.05, 3.63) is 71.9 Å². The van der Waals surface area contributed by atoms with E-state index >= 15 is 0 Å². The summed E-state index contributed by atoms with van der Waals surface area (Å²) >= 11 is 0. The van der Waals surface area contributed by atoms with Crippen molar-refractivity contribution < 1.29 is 22.8 Å². The van der Waals surface area contributed by atoms with Gasteiger partial charge in [0.05, 0.1) is 16.2 Å². The zero-order valence-electron chi connectivity index (χ0n) is 13.6. The third-order valence-corrected chi connectivity index (χ3v) is 5.14. The van der Waals surface area contributed by atoms with Crippen molar-refractivity contribution in [1.82, 2.24) is 9.88 Å². The Kier molecular flexibility index (Phi) is 5.15. The third-order valence-electron chi connectivity index (χ3n) is 3.68. The van der Waals surface area contributed by atoms with Gasteiger partial charge in [0.1, 0.15) is 0 Å². The minimum absolute atomic E-state index is 0.0862. The summed E-state index contributed by atoms with van der Waals surface area (Å²) in [5.74, 6) is -0.573. The van der Waals surface area contributed by atoms with Gasteiger partial charge >= 0.3 is 5.97 Å². The Bertz CT molecular complexity index is 1010. The number of nitrogens with one attached hydrogen (secondary N) is 1. The highest BCUT2D eigenvalue weighted by Gasteiger charge is 2.16. The van der Waals surface area contributed by atoms with Gasteiger partial charge in [-0.1, -0.05) is 41.6 Å². The molecule has 0 unspecified atom stereocenters. The molecule has 3 aromatic rings. The number of carbonyl (C=O) groups is 1. The van der Waals surface area contributed by atoms with Crippen LogP contribution in [-0.2, 0) is 16.4 Å². The van der Waals surface area contributed by atoms with Gasteiger partial charge in [-0.2, -0.15) is 0 Å². The third kappa shape index (κ3) is 4.16. The van der Waals surface area contributed by atoms with E-state index in [9.17, 15) is 13.2 Å². The number of aromatic nitrogens is 1. The van der Waals surface area contributed by atoms with Crippen molar-refractivity contribution in [2.75, 3.05) is 6.54 Å². The molecule has 0 aliphatic heterocycles. The van der Waals surface area contributed by atoms with Crippen LogP contribution >= 0.6 is 0 Å². The summed E-state index contributed by atoms with van der Waals surface area (Å²) < 4.78 is 32.3. The first-order valence-electron chi connectivity index (χ1n) is 7.80. The van der Waals surface area contributed by atoms with Crippen LogP contribution in [0.4, 0.5) is 0 Å². The Balaban J connectivity index is 1.63. The molecule has 0 saturated carbocycles. The highest BCUT2D eigenvalue weighted by atomic mass is 32.2. The first-order valence-corrected chi connectivity index (χ1v) is 9.28. The van der Waals surface area contributed by atoms with Crippen LogP contribution in [-0.4, -0.2) is 31.2 Å². The van der Waals surface area contributed by atoms with Crippen LogP contribution < -0.4 is 4.72 Å². The SMILES string of the molecule is O=C(O)c1cccc(S(=O)(=O)NCCc2cc(-c3ccccc3)on2)c1. The number of rotatable bonds is 7. The molecule has 0 atom stereocenters. The number of sulfonamides is 1. The predicted octanol–water partition coefficient (Wildman–Crippen LogP) is 2.56. The molecule has 8 heteroatoms. The van der Waals surface area contributed by atoms with Crippen molar-refractivity contribution in [1.29, 1.82) is 0 Å². The summed E-state index contributed by atoms with van der Waals surface area (Å²) in [7, 11) is -3.80. The fourth-order valence-electron chi connectivity index (χ4n) is 2.36. The summed E-state index contributed by atoms with van der Waals surface area (Å²) in [4.78, 5) is 10.9. The number of carboxylic acid groups (broad SMARTS) is 1. The van der Waals surface area contributed by atoms with Crippen molar-refractivity contribution in [3.63, 3.8) is 0 Å². The lowest BCUT2D eigenvalue weighted by Gasteiger charge is -2.06. The Morgan fingerprint density at radius 2 is 1.85 bits per heavy atom. The van der Waals surface area contributed by atoms with Gasteiger partial charge in [0.2, 0.25) is 10.0 Å². The lowest BCUT2D eigenvalue weighted by molar-refractivity contribution is 0.0696. The van der Waals surface area contributed by atoms with E-state index in [-0.39, 0.29) is 17.0 Å². The minimum Gasteiger partial charge on any atom is -0.478 e. The zero-order chi connectivity index (χ0) is 18.6. The Labute approximate surface area is 150 Å². The Morgan fingerprint density at radius 1 is 1.08 bits per heavy atom. The number of carboxylic acids is 1. The lowest BCUT2D eigenvalue weighted by Crippen LogP contribution is -2.26. The van der Waals surface area contributed by atoms with Gasteiger partial charge in [0.25, 0.3) is 0 Å². The molecule has 0 aliphatic rings. The van der Waals surface area contributed by atoms with E-state index in [4.69, 9.17) is 9.63 Å². The number of nitrogens with zero attached hydrogens (tertiary/aromatic N) is 1. The first-order chi connectivity index (χ1) is 12.5. The first kappa shape index (κ1) is 17.8. The maximum atomic E-state index is 12.3. The normalized spacial score (nSPS) is 11.4. The number of hydrogen-bond acceptors (Lipinski definition) is 5. The summed E-state index contributed by atoms with van der Waals surface area (Å²) in [5, 5.41) is 12.9. The van der Waals surface area contributed by atoms with E-state index in [1.54, 1.807) is 6.07 Å². The number of benzene rings is 2. The maximum Gasteiger partial charge on any atom is 0.335 e. The topological polar surface area (TPSA) is 110 Å². The van der Waals surface area contributed by atoms with Gasteiger partial charge in [0.15, 0.2) is 5.76 Å². The second-order valence-electron chi connectivity index (χ2n) is 5.53. The molecule has 0 bridgehead atoms. The van der Waals surface area contributed by atoms with Gasteiger partial charge < -0.3 is 9.63 Å². The molecule has 0 spiro atoms. The lowest BCUT2D eigenvalue weighted by atomic mass is 10.1. The molecule has 26 heavy (non-hydrogen) atoms. The van der Waals surface area contributed by atoms with E-state index in [0.29, 0.717) is 17.9 Å². The van der Waals surface area contributed by atoms with Crippen molar-refractivity contribution in [3.8, 4) is 11.3 Å². The molecule has 1 heterocycles. The number of aromatic carboxylic acids is 1. The van der Waals surface area contributed by atoms with E-state index in [2.05, 4.69) is 9.88 Å². The average Bonchev–Trinajstić information content (AvgIpc) is 3.11. The van der Waals surface area contributed by atoms with Crippen LogP contribution in [0, 0.1) is 0 Å². The van der Waals surface area contributed by atoms with E-state index < -0.39 is 16.0 Å². The van der Waals surface area contributed by atoms with Gasteiger partial charge in [-0.3, -0.25) is 0 Å².